The maximum Gasteiger partial charge on any atom is 0.269 e. The van der Waals surface area contributed by atoms with Crippen LogP contribution in [0.5, 0.6) is 0 Å². The smallest absolute Gasteiger partial charge is 0.269 e. The molecule has 2 aromatic heterocycles. The highest BCUT2D eigenvalue weighted by atomic mass is 16.1. The number of H-pyrrole nitrogens is 1. The van der Waals surface area contributed by atoms with E-state index in [1.54, 1.807) is 19.3 Å². The predicted molar refractivity (Wildman–Crippen MR) is 130 cm³/mol. The molecular formula is C25H37N5O2. The van der Waals surface area contributed by atoms with Crippen molar-refractivity contribution in [1.29, 1.82) is 0 Å². The first-order valence-corrected chi connectivity index (χ1v) is 11.9. The normalized spacial score (nSPS) is 15.7. The Hall–Kier alpha value is -2.67. The molecule has 1 atom stereocenters. The first kappa shape index (κ1) is 24.0. The highest BCUT2D eigenvalue weighted by Crippen LogP contribution is 2.25. The highest BCUT2D eigenvalue weighted by Gasteiger charge is 2.26. The maximum absolute atomic E-state index is 12.3. The van der Waals surface area contributed by atoms with Gasteiger partial charge in [0.2, 0.25) is 0 Å². The number of aromatic nitrogens is 2. The van der Waals surface area contributed by atoms with Crippen molar-refractivity contribution in [3.8, 4) is 0 Å². The fourth-order valence-corrected chi connectivity index (χ4v) is 4.63. The number of likely N-dealkylation sites (N-methyl/N-ethyl adjacent to an activating group) is 1. The van der Waals surface area contributed by atoms with Crippen LogP contribution < -0.4 is 15.8 Å². The predicted octanol–water partition coefficient (Wildman–Crippen LogP) is 3.18. The van der Waals surface area contributed by atoms with Gasteiger partial charge in [-0.15, -0.1) is 0 Å². The molecule has 3 rings (SSSR count). The average molecular weight is 440 g/mol. The summed E-state index contributed by atoms with van der Waals surface area (Å²) in [6, 6.07) is 8.38. The monoisotopic (exact) mass is 439 g/mol. The minimum absolute atomic E-state index is 0.0517. The molecule has 32 heavy (non-hydrogen) atoms. The molecule has 1 saturated heterocycles. The second-order valence-corrected chi connectivity index (χ2v) is 8.51. The molecule has 174 valence electrons. The molecule has 2 aromatic rings. The lowest BCUT2D eigenvalue weighted by Crippen LogP contribution is -2.46. The molecule has 1 aliphatic heterocycles. The van der Waals surface area contributed by atoms with Crippen LogP contribution in [0.1, 0.15) is 67.7 Å². The van der Waals surface area contributed by atoms with Crippen molar-refractivity contribution in [1.82, 2.24) is 20.2 Å². The van der Waals surface area contributed by atoms with E-state index in [1.165, 1.54) is 0 Å². The zero-order valence-corrected chi connectivity index (χ0v) is 19.9. The summed E-state index contributed by atoms with van der Waals surface area (Å²) in [4.78, 5) is 36.4. The van der Waals surface area contributed by atoms with Crippen molar-refractivity contribution >= 4 is 11.6 Å². The summed E-state index contributed by atoms with van der Waals surface area (Å²) in [6.45, 7) is 10.3. The number of nitrogens with one attached hydrogen (secondary N) is 2. The third-order valence-corrected chi connectivity index (χ3v) is 6.74. The van der Waals surface area contributed by atoms with Gasteiger partial charge in [-0.3, -0.25) is 14.5 Å². The van der Waals surface area contributed by atoms with Crippen LogP contribution in [0, 0.1) is 0 Å². The molecule has 0 spiro atoms. The molecular weight excluding hydrogens is 402 g/mol. The minimum Gasteiger partial charge on any atom is -0.370 e. The van der Waals surface area contributed by atoms with Crippen LogP contribution in [0.3, 0.4) is 0 Å². The Kier molecular flexibility index (Phi) is 8.45. The van der Waals surface area contributed by atoms with Crippen LogP contribution >= 0.6 is 0 Å². The van der Waals surface area contributed by atoms with E-state index in [9.17, 15) is 9.59 Å². The molecule has 2 N–H and O–H groups in total. The van der Waals surface area contributed by atoms with Crippen LogP contribution in [-0.2, 0) is 6.42 Å². The Labute approximate surface area is 191 Å². The number of nitrogens with zero attached hydrogens (tertiary/aromatic N) is 3. The Morgan fingerprint density at radius 2 is 1.97 bits per heavy atom. The summed E-state index contributed by atoms with van der Waals surface area (Å²) in [5, 5.41) is 2.61. The summed E-state index contributed by atoms with van der Waals surface area (Å²) in [5.41, 5.74) is 3.46. The number of carbonyl (C=O) groups is 1. The number of piperidine rings is 1. The number of rotatable bonds is 9. The molecule has 1 fully saturated rings. The number of hydrogen-bond acceptors (Lipinski definition) is 5. The zero-order valence-electron chi connectivity index (χ0n) is 19.9. The molecule has 7 nitrogen and oxygen atoms in total. The Balaban J connectivity index is 1.61. The fraction of sp³-hybridized carbons (Fsp3) is 0.560. The van der Waals surface area contributed by atoms with Gasteiger partial charge in [-0.05, 0) is 50.4 Å². The largest absolute Gasteiger partial charge is 0.370 e. The second-order valence-electron chi connectivity index (χ2n) is 8.51. The van der Waals surface area contributed by atoms with E-state index in [-0.39, 0.29) is 11.5 Å². The van der Waals surface area contributed by atoms with Gasteiger partial charge in [-0.1, -0.05) is 26.8 Å². The van der Waals surface area contributed by atoms with Gasteiger partial charge >= 0.3 is 0 Å². The molecule has 1 unspecified atom stereocenters. The van der Waals surface area contributed by atoms with Crippen molar-refractivity contribution in [2.75, 3.05) is 38.1 Å². The maximum atomic E-state index is 12.3. The van der Waals surface area contributed by atoms with E-state index < -0.39 is 0 Å². The first-order chi connectivity index (χ1) is 15.5. The lowest BCUT2D eigenvalue weighted by Gasteiger charge is -2.40. The van der Waals surface area contributed by atoms with Crippen molar-refractivity contribution in [2.45, 2.75) is 58.4 Å². The molecule has 0 radical (unpaired) electrons. The van der Waals surface area contributed by atoms with Gasteiger partial charge < -0.3 is 15.2 Å². The van der Waals surface area contributed by atoms with E-state index in [1.807, 2.05) is 19.1 Å². The summed E-state index contributed by atoms with van der Waals surface area (Å²) >= 11 is 0. The minimum atomic E-state index is -0.162. The van der Waals surface area contributed by atoms with Crippen LogP contribution in [0.2, 0.25) is 0 Å². The van der Waals surface area contributed by atoms with Crippen LogP contribution in [0.15, 0.2) is 35.3 Å². The van der Waals surface area contributed by atoms with Crippen LogP contribution in [0.4, 0.5) is 5.69 Å². The van der Waals surface area contributed by atoms with Crippen LogP contribution in [0.25, 0.3) is 0 Å². The van der Waals surface area contributed by atoms with E-state index in [4.69, 9.17) is 0 Å². The quantitative estimate of drug-likeness (QED) is 0.627. The Bertz CT molecular complexity index is 932. The number of hydrogen-bond donors (Lipinski definition) is 2. The summed E-state index contributed by atoms with van der Waals surface area (Å²) in [7, 11) is 1.61. The Morgan fingerprint density at radius 3 is 2.50 bits per heavy atom. The highest BCUT2D eigenvalue weighted by molar-refractivity contribution is 5.92. The van der Waals surface area contributed by atoms with Gasteiger partial charge in [0, 0.05) is 49.9 Å². The average Bonchev–Trinajstić information content (AvgIpc) is 2.84. The number of carbonyl (C=O) groups excluding carboxylic acids is 1. The van der Waals surface area contributed by atoms with E-state index in [0.29, 0.717) is 17.7 Å². The molecule has 1 amide bonds. The van der Waals surface area contributed by atoms with Crippen molar-refractivity contribution < 1.29 is 4.79 Å². The van der Waals surface area contributed by atoms with Gasteiger partial charge in [0.25, 0.3) is 11.5 Å². The van der Waals surface area contributed by atoms with E-state index >= 15 is 0 Å². The molecule has 3 heterocycles. The topological polar surface area (TPSA) is 81.3 Å². The van der Waals surface area contributed by atoms with Gasteiger partial charge in [-0.2, -0.15) is 0 Å². The Morgan fingerprint density at radius 1 is 1.22 bits per heavy atom. The van der Waals surface area contributed by atoms with Gasteiger partial charge in [0.1, 0.15) is 5.69 Å². The summed E-state index contributed by atoms with van der Waals surface area (Å²) in [5.74, 6) is 0.165. The zero-order chi connectivity index (χ0) is 23.1. The molecule has 0 aliphatic carbocycles. The third kappa shape index (κ3) is 5.57. The van der Waals surface area contributed by atoms with Crippen LogP contribution in [-0.4, -0.2) is 60.0 Å². The van der Waals surface area contributed by atoms with Gasteiger partial charge in [-0.25, -0.2) is 4.98 Å². The second kappa shape index (κ2) is 11.3. The third-order valence-electron chi connectivity index (χ3n) is 6.74. The van der Waals surface area contributed by atoms with E-state index in [0.717, 1.165) is 68.8 Å². The summed E-state index contributed by atoms with van der Waals surface area (Å²) < 4.78 is 0. The lowest BCUT2D eigenvalue weighted by molar-refractivity contribution is 0.0958. The van der Waals surface area contributed by atoms with Crippen molar-refractivity contribution in [3.05, 3.63) is 57.8 Å². The number of anilines is 1. The number of amides is 1. The SMILES string of the molecule is CCc1ccc(C(CC)CN(CC)C2CCN(c3ccc(C(=O)NC)nc3)CC2)[nH]c1=O. The number of aromatic amines is 1. The number of pyridine rings is 2. The lowest BCUT2D eigenvalue weighted by atomic mass is 9.96. The number of aryl methyl sites for hydroxylation is 1. The fourth-order valence-electron chi connectivity index (χ4n) is 4.63. The molecule has 0 bridgehead atoms. The van der Waals surface area contributed by atoms with Crippen molar-refractivity contribution in [2.24, 2.45) is 0 Å². The molecule has 7 heteroatoms. The van der Waals surface area contributed by atoms with Gasteiger partial charge in [0.05, 0.1) is 11.9 Å². The molecule has 0 aromatic carbocycles. The standard InChI is InChI=1S/C25H37N5O2/c1-5-18-8-10-22(28-24(18)31)19(6-2)17-29(7-3)20-12-14-30(15-13-20)21-9-11-23(27-16-21)25(32)26-4/h8-11,16,19-20H,5-7,12-15,17H2,1-4H3,(H,26,32)(H,28,31). The van der Waals surface area contributed by atoms with Gasteiger partial charge in [0.15, 0.2) is 0 Å². The first-order valence-electron chi connectivity index (χ1n) is 11.9. The molecule has 0 saturated carbocycles. The molecule has 1 aliphatic rings. The van der Waals surface area contributed by atoms with Crippen molar-refractivity contribution in [3.63, 3.8) is 0 Å². The van der Waals surface area contributed by atoms with E-state index in [2.05, 4.69) is 45.0 Å². The summed E-state index contributed by atoms with van der Waals surface area (Å²) in [6.07, 6.45) is 5.74.